The molecule has 0 atom stereocenters. The van der Waals surface area contributed by atoms with Gasteiger partial charge < -0.3 is 0 Å². The summed E-state index contributed by atoms with van der Waals surface area (Å²) >= 11 is 6.01. The molecule has 0 heterocycles. The third kappa shape index (κ3) is 5.08. The van der Waals surface area contributed by atoms with Crippen LogP contribution >= 0.6 is 11.6 Å². The number of para-hydroxylation sites is 1. The topological polar surface area (TPSA) is 87.6 Å². The van der Waals surface area contributed by atoms with Crippen molar-refractivity contribution in [1.29, 1.82) is 0 Å². The normalized spacial score (nSPS) is 14.5. The number of hydrogen-bond donors (Lipinski definition) is 2. The quantitative estimate of drug-likeness (QED) is 0.731. The van der Waals surface area contributed by atoms with Crippen LogP contribution in [0.15, 0.2) is 58.5 Å². The monoisotopic (exact) mass is 405 g/mol. The van der Waals surface area contributed by atoms with Crippen molar-refractivity contribution in [3.8, 4) is 0 Å². The van der Waals surface area contributed by atoms with Gasteiger partial charge in [-0.15, -0.1) is 0 Å². The van der Waals surface area contributed by atoms with Crippen LogP contribution in [0.4, 0.5) is 5.69 Å². The summed E-state index contributed by atoms with van der Waals surface area (Å²) in [4.78, 5) is 12.3. The van der Waals surface area contributed by atoms with Gasteiger partial charge in [0.05, 0.1) is 15.6 Å². The molecule has 27 heavy (non-hydrogen) atoms. The van der Waals surface area contributed by atoms with Crippen molar-refractivity contribution in [3.05, 3.63) is 59.1 Å². The maximum Gasteiger partial charge on any atom is 0.271 e. The summed E-state index contributed by atoms with van der Waals surface area (Å²) in [6, 6.07) is 12.3. The highest BCUT2D eigenvalue weighted by Gasteiger charge is 2.18. The molecule has 3 rings (SSSR count). The first-order valence-electron chi connectivity index (χ1n) is 8.69. The first-order valence-corrected chi connectivity index (χ1v) is 10.5. The molecule has 0 unspecified atom stereocenters. The van der Waals surface area contributed by atoms with Crippen molar-refractivity contribution >= 4 is 38.9 Å². The predicted molar refractivity (Wildman–Crippen MR) is 107 cm³/mol. The Morgan fingerprint density at radius 2 is 1.74 bits per heavy atom. The highest BCUT2D eigenvalue weighted by atomic mass is 35.5. The number of amides is 1. The maximum atomic E-state index is 12.6. The largest absolute Gasteiger partial charge is 0.278 e. The van der Waals surface area contributed by atoms with E-state index in [2.05, 4.69) is 15.2 Å². The zero-order valence-corrected chi connectivity index (χ0v) is 16.2. The molecule has 1 saturated carbocycles. The van der Waals surface area contributed by atoms with Gasteiger partial charge in [-0.2, -0.15) is 5.10 Å². The Labute approximate surface area is 163 Å². The van der Waals surface area contributed by atoms with Gasteiger partial charge in [0.25, 0.3) is 15.9 Å². The number of sulfonamides is 1. The van der Waals surface area contributed by atoms with Crippen LogP contribution in [0, 0.1) is 0 Å². The molecule has 1 aliphatic rings. The number of nitrogens with zero attached hydrogens (tertiary/aromatic N) is 1. The number of carbonyl (C=O) groups excluding carboxylic acids is 1. The zero-order valence-electron chi connectivity index (χ0n) is 14.6. The molecule has 1 aliphatic carbocycles. The van der Waals surface area contributed by atoms with Crippen LogP contribution in [-0.2, 0) is 10.0 Å². The van der Waals surface area contributed by atoms with E-state index in [0.29, 0.717) is 5.02 Å². The molecule has 6 nitrogen and oxygen atoms in total. The number of benzene rings is 2. The second-order valence-electron chi connectivity index (χ2n) is 6.29. The van der Waals surface area contributed by atoms with Crippen LogP contribution in [-0.4, -0.2) is 20.0 Å². The Bertz CT molecular complexity index is 966. The summed E-state index contributed by atoms with van der Waals surface area (Å²) in [7, 11) is -3.88. The minimum absolute atomic E-state index is 0.0274. The van der Waals surface area contributed by atoms with Crippen LogP contribution in [0.2, 0.25) is 5.02 Å². The van der Waals surface area contributed by atoms with Crippen molar-refractivity contribution in [2.45, 2.75) is 37.0 Å². The van der Waals surface area contributed by atoms with E-state index < -0.39 is 15.9 Å². The molecule has 0 aliphatic heterocycles. The third-order valence-electron chi connectivity index (χ3n) is 4.27. The average Bonchev–Trinajstić information content (AvgIpc) is 2.69. The molecule has 0 aromatic heterocycles. The lowest BCUT2D eigenvalue weighted by molar-refractivity contribution is 0.0954. The van der Waals surface area contributed by atoms with Gasteiger partial charge >= 0.3 is 0 Å². The maximum absolute atomic E-state index is 12.6. The van der Waals surface area contributed by atoms with Crippen LogP contribution in [0.5, 0.6) is 0 Å². The molecule has 2 aromatic carbocycles. The van der Waals surface area contributed by atoms with E-state index >= 15 is 0 Å². The lowest BCUT2D eigenvalue weighted by Gasteiger charge is -2.12. The fourth-order valence-electron chi connectivity index (χ4n) is 2.82. The van der Waals surface area contributed by atoms with Crippen LogP contribution in [0.25, 0.3) is 0 Å². The van der Waals surface area contributed by atoms with Gasteiger partial charge in [-0.3, -0.25) is 9.52 Å². The molecule has 2 aromatic rings. The van der Waals surface area contributed by atoms with Crippen molar-refractivity contribution in [2.24, 2.45) is 5.10 Å². The summed E-state index contributed by atoms with van der Waals surface area (Å²) in [6.07, 6.45) is 5.12. The standard InChI is InChI=1S/C19H20ClN3O3S/c20-17-11-4-5-12-18(17)23-27(25,26)16-10-6-7-14(13-16)19(24)22-21-15-8-2-1-3-9-15/h4-7,10-13,23H,1-3,8-9H2,(H,22,24). The third-order valence-corrected chi connectivity index (χ3v) is 5.96. The summed E-state index contributed by atoms with van der Waals surface area (Å²) in [5, 5.41) is 4.46. The Balaban J connectivity index is 1.76. The van der Waals surface area contributed by atoms with E-state index in [1.807, 2.05) is 0 Å². The van der Waals surface area contributed by atoms with E-state index in [1.165, 1.54) is 24.6 Å². The fourth-order valence-corrected chi connectivity index (χ4v) is 4.18. The summed E-state index contributed by atoms with van der Waals surface area (Å²) in [6.45, 7) is 0. The van der Waals surface area contributed by atoms with Crippen molar-refractivity contribution in [2.75, 3.05) is 4.72 Å². The lowest BCUT2D eigenvalue weighted by Crippen LogP contribution is -2.21. The fraction of sp³-hybridized carbons (Fsp3) is 0.263. The van der Waals surface area contributed by atoms with Crippen LogP contribution < -0.4 is 10.1 Å². The van der Waals surface area contributed by atoms with Gasteiger partial charge in [-0.05, 0) is 56.0 Å². The zero-order chi connectivity index (χ0) is 19.3. The van der Waals surface area contributed by atoms with Gasteiger partial charge in [0, 0.05) is 11.3 Å². The van der Waals surface area contributed by atoms with E-state index in [9.17, 15) is 13.2 Å². The summed E-state index contributed by atoms with van der Waals surface area (Å²) in [5.41, 5.74) is 3.99. The average molecular weight is 406 g/mol. The Morgan fingerprint density at radius 3 is 2.48 bits per heavy atom. The molecule has 142 valence electrons. The highest BCUT2D eigenvalue weighted by Crippen LogP contribution is 2.24. The first kappa shape index (κ1) is 19.4. The molecule has 0 radical (unpaired) electrons. The number of carbonyl (C=O) groups is 1. The first-order chi connectivity index (χ1) is 13.0. The van der Waals surface area contributed by atoms with Gasteiger partial charge in [-0.1, -0.05) is 36.2 Å². The molecule has 0 bridgehead atoms. The molecule has 2 N–H and O–H groups in total. The van der Waals surface area contributed by atoms with E-state index in [-0.39, 0.29) is 16.1 Å². The number of halogens is 1. The highest BCUT2D eigenvalue weighted by molar-refractivity contribution is 7.92. The molecule has 0 saturated heterocycles. The Morgan fingerprint density at radius 1 is 1.00 bits per heavy atom. The van der Waals surface area contributed by atoms with Gasteiger partial charge in [-0.25, -0.2) is 13.8 Å². The van der Waals surface area contributed by atoms with Crippen molar-refractivity contribution in [1.82, 2.24) is 5.43 Å². The Hall–Kier alpha value is -2.38. The number of hydrogen-bond acceptors (Lipinski definition) is 4. The molecular formula is C19H20ClN3O3S. The number of anilines is 1. The number of rotatable bonds is 5. The van der Waals surface area contributed by atoms with Gasteiger partial charge in [0.1, 0.15) is 0 Å². The van der Waals surface area contributed by atoms with Crippen molar-refractivity contribution < 1.29 is 13.2 Å². The van der Waals surface area contributed by atoms with E-state index in [1.54, 1.807) is 30.3 Å². The Kier molecular flexibility index (Phi) is 6.13. The second kappa shape index (κ2) is 8.54. The smallest absolute Gasteiger partial charge is 0.271 e. The number of nitrogens with one attached hydrogen (secondary N) is 2. The second-order valence-corrected chi connectivity index (χ2v) is 8.38. The number of hydrazone groups is 1. The molecular weight excluding hydrogens is 386 g/mol. The summed E-state index contributed by atoms with van der Waals surface area (Å²) in [5.74, 6) is -0.442. The van der Waals surface area contributed by atoms with Gasteiger partial charge in [0.15, 0.2) is 0 Å². The van der Waals surface area contributed by atoms with E-state index in [4.69, 9.17) is 11.6 Å². The van der Waals surface area contributed by atoms with Crippen LogP contribution in [0.1, 0.15) is 42.5 Å². The van der Waals surface area contributed by atoms with E-state index in [0.717, 1.165) is 31.4 Å². The van der Waals surface area contributed by atoms with Crippen LogP contribution in [0.3, 0.4) is 0 Å². The molecule has 1 amide bonds. The lowest BCUT2D eigenvalue weighted by atomic mass is 9.99. The van der Waals surface area contributed by atoms with Gasteiger partial charge in [0.2, 0.25) is 0 Å². The SMILES string of the molecule is O=C(NN=C1CCCCC1)c1cccc(S(=O)(=O)Nc2ccccc2Cl)c1. The predicted octanol–water partition coefficient (Wildman–Crippen LogP) is 4.19. The molecule has 0 spiro atoms. The minimum atomic E-state index is -3.88. The molecule has 1 fully saturated rings. The molecule has 8 heteroatoms. The minimum Gasteiger partial charge on any atom is -0.278 e. The van der Waals surface area contributed by atoms with Crippen molar-refractivity contribution in [3.63, 3.8) is 0 Å². The summed E-state index contributed by atoms with van der Waals surface area (Å²) < 4.78 is 27.6.